The largest absolute Gasteiger partial charge is 0.370 e. The summed E-state index contributed by atoms with van der Waals surface area (Å²) < 4.78 is 26.7. The van der Waals surface area contributed by atoms with Crippen LogP contribution in [0.25, 0.3) is 5.57 Å². The van der Waals surface area contributed by atoms with E-state index in [-0.39, 0.29) is 24.1 Å². The lowest BCUT2D eigenvalue weighted by molar-refractivity contribution is -0.0805. The number of hydrogen-bond donors (Lipinski definition) is 0. The van der Waals surface area contributed by atoms with Crippen molar-refractivity contribution in [3.63, 3.8) is 0 Å². The lowest BCUT2D eigenvalue weighted by Crippen LogP contribution is -2.37. The van der Waals surface area contributed by atoms with Crippen molar-refractivity contribution in [2.24, 2.45) is 5.92 Å². The van der Waals surface area contributed by atoms with Crippen LogP contribution in [0, 0.1) is 11.7 Å². The smallest absolute Gasteiger partial charge is 0.128 e. The number of fused-ring (bicyclic) bond motifs is 2. The molecule has 1 fully saturated rings. The molecule has 0 saturated carbocycles. The summed E-state index contributed by atoms with van der Waals surface area (Å²) in [6, 6.07) is 17.2. The van der Waals surface area contributed by atoms with E-state index in [1.54, 1.807) is 12.1 Å². The summed E-state index contributed by atoms with van der Waals surface area (Å²) in [4.78, 5) is 0. The lowest BCUT2D eigenvalue weighted by Gasteiger charge is -2.34. The molecule has 0 spiro atoms. The molecule has 1 saturated heterocycles. The summed E-state index contributed by atoms with van der Waals surface area (Å²) in [5.41, 5.74) is 2.21. The Hall–Kier alpha value is -1.97. The maximum absolute atomic E-state index is 13.9. The lowest BCUT2D eigenvalue weighted by atomic mass is 9.73. The average Bonchev–Trinajstić information content (AvgIpc) is 3.11. The van der Waals surface area contributed by atoms with Crippen molar-refractivity contribution in [3.05, 3.63) is 77.6 Å². The number of benzene rings is 2. The van der Waals surface area contributed by atoms with E-state index < -0.39 is 5.60 Å². The van der Waals surface area contributed by atoms with Gasteiger partial charge in [0.25, 0.3) is 0 Å². The van der Waals surface area contributed by atoms with E-state index >= 15 is 0 Å². The van der Waals surface area contributed by atoms with E-state index in [1.165, 1.54) is 17.2 Å². The third-order valence-electron chi connectivity index (χ3n) is 5.83. The van der Waals surface area contributed by atoms with Gasteiger partial charge < -0.3 is 9.47 Å². The van der Waals surface area contributed by atoms with Gasteiger partial charge in [-0.3, -0.25) is 0 Å². The fourth-order valence-electron chi connectivity index (χ4n) is 4.31. The summed E-state index contributed by atoms with van der Waals surface area (Å²) in [7, 11) is 0. The Morgan fingerprint density at radius 3 is 2.50 bits per heavy atom. The Balaban J connectivity index is 1.62. The molecule has 0 amide bonds. The first kappa shape index (κ1) is 17.4. The second kappa shape index (κ2) is 6.33. The van der Waals surface area contributed by atoms with Gasteiger partial charge in [-0.15, -0.1) is 0 Å². The second-order valence-electron chi connectivity index (χ2n) is 7.85. The predicted octanol–water partition coefficient (Wildman–Crippen LogP) is 5.38. The number of halogens is 1. The molecule has 136 valence electrons. The molecule has 2 aliphatic rings. The van der Waals surface area contributed by atoms with Crippen molar-refractivity contribution in [1.29, 1.82) is 0 Å². The van der Waals surface area contributed by atoms with Gasteiger partial charge in [-0.05, 0) is 36.1 Å². The second-order valence-corrected chi connectivity index (χ2v) is 7.85. The van der Waals surface area contributed by atoms with E-state index in [0.717, 1.165) is 6.42 Å². The minimum Gasteiger partial charge on any atom is -0.370 e. The summed E-state index contributed by atoms with van der Waals surface area (Å²) in [6.45, 7) is 6.74. The van der Waals surface area contributed by atoms with E-state index in [4.69, 9.17) is 9.47 Å². The van der Waals surface area contributed by atoms with Gasteiger partial charge in [0.05, 0.1) is 18.3 Å². The van der Waals surface area contributed by atoms with Gasteiger partial charge in [-0.1, -0.05) is 62.4 Å². The SMILES string of the molecule is CC(C)[C@]12C[C@@H](OCc3ccccc3F)[C@](C)(C=C1c1ccccc1)O2. The first-order chi connectivity index (χ1) is 12.4. The van der Waals surface area contributed by atoms with E-state index in [2.05, 4.69) is 51.1 Å². The van der Waals surface area contributed by atoms with Gasteiger partial charge in [-0.2, -0.15) is 0 Å². The topological polar surface area (TPSA) is 18.5 Å². The number of hydrogen-bond acceptors (Lipinski definition) is 2. The molecule has 0 aliphatic carbocycles. The van der Waals surface area contributed by atoms with Crippen LogP contribution in [0.2, 0.25) is 0 Å². The standard InChI is InChI=1S/C23H25FO2/c1-16(2)23-14-21(25-15-18-11-7-8-12-20(18)24)22(3,26-23)13-19(23)17-9-5-4-6-10-17/h4-13,16,21H,14-15H2,1-3H3/t21-,22+,23-/m1/s1. The van der Waals surface area contributed by atoms with Crippen LogP contribution in [0.3, 0.4) is 0 Å². The minimum atomic E-state index is -0.485. The van der Waals surface area contributed by atoms with Crippen LogP contribution < -0.4 is 0 Å². The molecule has 2 heterocycles. The Bertz CT molecular complexity index is 829. The monoisotopic (exact) mass is 352 g/mol. The van der Waals surface area contributed by atoms with E-state index in [9.17, 15) is 4.39 Å². The molecule has 26 heavy (non-hydrogen) atoms. The Morgan fingerprint density at radius 2 is 1.81 bits per heavy atom. The van der Waals surface area contributed by atoms with Crippen molar-refractivity contribution in [2.45, 2.75) is 51.1 Å². The molecule has 0 N–H and O–H groups in total. The maximum atomic E-state index is 13.9. The zero-order valence-electron chi connectivity index (χ0n) is 15.5. The highest BCUT2D eigenvalue weighted by atomic mass is 19.1. The van der Waals surface area contributed by atoms with Crippen molar-refractivity contribution < 1.29 is 13.9 Å². The number of ether oxygens (including phenoxy) is 2. The molecule has 0 radical (unpaired) electrons. The number of rotatable bonds is 5. The molecule has 3 atom stereocenters. The fraction of sp³-hybridized carbons (Fsp3) is 0.391. The third-order valence-corrected chi connectivity index (χ3v) is 5.83. The van der Waals surface area contributed by atoms with Crippen LogP contribution in [-0.2, 0) is 16.1 Å². The van der Waals surface area contributed by atoms with Crippen LogP contribution in [-0.4, -0.2) is 17.3 Å². The van der Waals surface area contributed by atoms with Crippen molar-refractivity contribution in [2.75, 3.05) is 0 Å². The Morgan fingerprint density at radius 1 is 1.12 bits per heavy atom. The summed E-state index contributed by atoms with van der Waals surface area (Å²) in [5, 5.41) is 0. The van der Waals surface area contributed by atoms with Crippen LogP contribution >= 0.6 is 0 Å². The molecule has 0 aromatic heterocycles. The quantitative estimate of drug-likeness (QED) is 0.719. The highest BCUT2D eigenvalue weighted by Gasteiger charge is 2.61. The van der Waals surface area contributed by atoms with Gasteiger partial charge in [0, 0.05) is 12.0 Å². The third kappa shape index (κ3) is 2.70. The Kier molecular flexibility index (Phi) is 4.25. The van der Waals surface area contributed by atoms with Crippen molar-refractivity contribution in [3.8, 4) is 0 Å². The summed E-state index contributed by atoms with van der Waals surface area (Å²) >= 11 is 0. The molecule has 4 rings (SSSR count). The molecule has 2 nitrogen and oxygen atoms in total. The van der Waals surface area contributed by atoms with Gasteiger partial charge in [0.1, 0.15) is 11.4 Å². The summed E-state index contributed by atoms with van der Waals surface area (Å²) in [6.07, 6.45) is 2.92. The Labute approximate surface area is 154 Å². The molecule has 0 unspecified atom stereocenters. The highest BCUT2D eigenvalue weighted by molar-refractivity contribution is 5.77. The first-order valence-corrected chi connectivity index (χ1v) is 9.28. The molecular weight excluding hydrogens is 327 g/mol. The van der Waals surface area contributed by atoms with E-state index in [1.807, 2.05) is 12.1 Å². The molecule has 2 aromatic rings. The van der Waals surface area contributed by atoms with Crippen LogP contribution in [0.4, 0.5) is 4.39 Å². The van der Waals surface area contributed by atoms with Crippen molar-refractivity contribution >= 4 is 5.57 Å². The summed E-state index contributed by atoms with van der Waals surface area (Å²) in [5.74, 6) is 0.0960. The van der Waals surface area contributed by atoms with Gasteiger partial charge in [0.2, 0.25) is 0 Å². The molecule has 3 heteroatoms. The normalized spacial score (nSPS) is 30.0. The van der Waals surface area contributed by atoms with Crippen LogP contribution in [0.5, 0.6) is 0 Å². The zero-order valence-corrected chi connectivity index (χ0v) is 15.5. The fourth-order valence-corrected chi connectivity index (χ4v) is 4.31. The first-order valence-electron chi connectivity index (χ1n) is 9.28. The predicted molar refractivity (Wildman–Crippen MR) is 101 cm³/mol. The minimum absolute atomic E-state index is 0.0861. The zero-order chi connectivity index (χ0) is 18.4. The van der Waals surface area contributed by atoms with Crippen molar-refractivity contribution in [1.82, 2.24) is 0 Å². The van der Waals surface area contributed by atoms with Gasteiger partial charge in [0.15, 0.2) is 0 Å². The average molecular weight is 352 g/mol. The van der Waals surface area contributed by atoms with Crippen LogP contribution in [0.1, 0.15) is 38.3 Å². The molecule has 2 aromatic carbocycles. The maximum Gasteiger partial charge on any atom is 0.128 e. The van der Waals surface area contributed by atoms with Gasteiger partial charge >= 0.3 is 0 Å². The van der Waals surface area contributed by atoms with E-state index in [0.29, 0.717) is 11.5 Å². The van der Waals surface area contributed by atoms with Crippen LogP contribution in [0.15, 0.2) is 60.7 Å². The highest BCUT2D eigenvalue weighted by Crippen LogP contribution is 2.57. The molecular formula is C23H25FO2. The molecule has 2 bridgehead atoms. The molecule has 2 aliphatic heterocycles. The van der Waals surface area contributed by atoms with Gasteiger partial charge in [-0.25, -0.2) is 4.39 Å².